The number of nitrogens with zero attached hydrogens (tertiary/aromatic N) is 1. The average molecular weight is 281 g/mol. The summed E-state index contributed by atoms with van der Waals surface area (Å²) in [5.41, 5.74) is 0.142. The van der Waals surface area contributed by atoms with Gasteiger partial charge in [-0.05, 0) is 32.9 Å². The normalized spacial score (nSPS) is 10.8. The molecule has 0 heterocycles. The first-order valence-electron chi connectivity index (χ1n) is 6.13. The summed E-state index contributed by atoms with van der Waals surface area (Å²) in [6.07, 6.45) is 0. The fourth-order valence-electron chi connectivity index (χ4n) is 1.62. The molecule has 1 aromatic carbocycles. The quantitative estimate of drug-likeness (QED) is 0.607. The number of carbonyl (C=O) groups excluding carboxylic acids is 1. The SMILES string of the molecule is CC(C)(C)Oc1ccccc1N(COC=O)CC(=O)O. The van der Waals surface area contributed by atoms with Crippen LogP contribution in [-0.4, -0.2) is 36.4 Å². The highest BCUT2D eigenvalue weighted by Gasteiger charge is 2.19. The van der Waals surface area contributed by atoms with Crippen molar-refractivity contribution in [3.63, 3.8) is 0 Å². The fraction of sp³-hybridized carbons (Fsp3) is 0.429. The zero-order valence-corrected chi connectivity index (χ0v) is 11.8. The Morgan fingerprint density at radius 3 is 2.55 bits per heavy atom. The van der Waals surface area contributed by atoms with Gasteiger partial charge in [-0.2, -0.15) is 0 Å². The predicted molar refractivity (Wildman–Crippen MR) is 73.8 cm³/mol. The van der Waals surface area contributed by atoms with Crippen molar-refractivity contribution in [3.05, 3.63) is 24.3 Å². The van der Waals surface area contributed by atoms with Gasteiger partial charge in [0.15, 0.2) is 6.73 Å². The van der Waals surface area contributed by atoms with Crippen molar-refractivity contribution in [2.24, 2.45) is 0 Å². The van der Waals surface area contributed by atoms with Crippen LogP contribution in [0.1, 0.15) is 20.8 Å². The first-order valence-corrected chi connectivity index (χ1v) is 6.13. The molecule has 1 N–H and O–H groups in total. The number of benzene rings is 1. The molecule has 0 amide bonds. The van der Waals surface area contributed by atoms with E-state index in [0.717, 1.165) is 0 Å². The summed E-state index contributed by atoms with van der Waals surface area (Å²) < 4.78 is 10.5. The zero-order valence-electron chi connectivity index (χ0n) is 11.8. The van der Waals surface area contributed by atoms with E-state index < -0.39 is 11.6 Å². The highest BCUT2D eigenvalue weighted by atomic mass is 16.5. The fourth-order valence-corrected chi connectivity index (χ4v) is 1.62. The van der Waals surface area contributed by atoms with Crippen LogP contribution in [-0.2, 0) is 14.3 Å². The van der Waals surface area contributed by atoms with E-state index >= 15 is 0 Å². The number of anilines is 1. The summed E-state index contributed by atoms with van der Waals surface area (Å²) in [6, 6.07) is 7.03. The highest BCUT2D eigenvalue weighted by Crippen LogP contribution is 2.30. The van der Waals surface area contributed by atoms with E-state index in [9.17, 15) is 9.59 Å². The van der Waals surface area contributed by atoms with Crippen molar-refractivity contribution < 1.29 is 24.2 Å². The zero-order chi connectivity index (χ0) is 15.2. The molecule has 0 aromatic heterocycles. The van der Waals surface area contributed by atoms with Gasteiger partial charge in [0.1, 0.15) is 17.9 Å². The summed E-state index contributed by atoms with van der Waals surface area (Å²) in [5.74, 6) is -0.485. The number of hydrogen-bond donors (Lipinski definition) is 1. The lowest BCUT2D eigenvalue weighted by atomic mass is 10.2. The summed E-state index contributed by atoms with van der Waals surface area (Å²) in [6.45, 7) is 5.52. The van der Waals surface area contributed by atoms with E-state index in [1.807, 2.05) is 20.8 Å². The van der Waals surface area contributed by atoms with Gasteiger partial charge in [-0.15, -0.1) is 0 Å². The van der Waals surface area contributed by atoms with Crippen molar-refractivity contribution in [1.82, 2.24) is 0 Å². The van der Waals surface area contributed by atoms with Crippen LogP contribution in [0.3, 0.4) is 0 Å². The smallest absolute Gasteiger partial charge is 0.323 e. The summed E-state index contributed by atoms with van der Waals surface area (Å²) in [5, 5.41) is 8.94. The van der Waals surface area contributed by atoms with Crippen molar-refractivity contribution in [3.8, 4) is 5.75 Å². The van der Waals surface area contributed by atoms with Crippen LogP contribution >= 0.6 is 0 Å². The monoisotopic (exact) mass is 281 g/mol. The average Bonchev–Trinajstić information content (AvgIpc) is 2.33. The van der Waals surface area contributed by atoms with Crippen molar-refractivity contribution in [2.45, 2.75) is 26.4 Å². The third kappa shape index (κ3) is 5.17. The Bertz CT molecular complexity index is 467. The van der Waals surface area contributed by atoms with Crippen LogP contribution in [0.15, 0.2) is 24.3 Å². The molecule has 0 aliphatic rings. The van der Waals surface area contributed by atoms with Gasteiger partial charge in [0.25, 0.3) is 6.47 Å². The molecule has 0 spiro atoms. The number of para-hydroxylation sites is 2. The van der Waals surface area contributed by atoms with Gasteiger partial charge in [0.2, 0.25) is 0 Å². The number of carbonyl (C=O) groups is 2. The Labute approximate surface area is 117 Å². The van der Waals surface area contributed by atoms with Crippen molar-refractivity contribution in [1.29, 1.82) is 0 Å². The molecule has 0 aliphatic carbocycles. The second-order valence-corrected chi connectivity index (χ2v) is 5.17. The van der Waals surface area contributed by atoms with Gasteiger partial charge >= 0.3 is 5.97 Å². The van der Waals surface area contributed by atoms with Gasteiger partial charge < -0.3 is 19.5 Å². The third-order valence-corrected chi connectivity index (χ3v) is 2.25. The van der Waals surface area contributed by atoms with Crippen LogP contribution < -0.4 is 9.64 Å². The molecule has 0 aliphatic heterocycles. The Balaban J connectivity index is 3.04. The van der Waals surface area contributed by atoms with E-state index in [-0.39, 0.29) is 19.7 Å². The van der Waals surface area contributed by atoms with E-state index in [1.165, 1.54) is 4.90 Å². The van der Waals surface area contributed by atoms with Crippen LogP contribution in [0.5, 0.6) is 5.75 Å². The van der Waals surface area contributed by atoms with E-state index in [2.05, 4.69) is 4.74 Å². The molecule has 0 fully saturated rings. The number of rotatable bonds is 7. The molecule has 0 saturated heterocycles. The first-order chi connectivity index (χ1) is 9.33. The maximum Gasteiger partial charge on any atom is 0.323 e. The number of ether oxygens (including phenoxy) is 2. The van der Waals surface area contributed by atoms with E-state index in [1.54, 1.807) is 24.3 Å². The lowest BCUT2D eigenvalue weighted by Crippen LogP contribution is -2.33. The molecule has 1 rings (SSSR count). The lowest BCUT2D eigenvalue weighted by molar-refractivity contribution is -0.136. The molecule has 6 nitrogen and oxygen atoms in total. The first kappa shape index (κ1) is 15.8. The summed E-state index contributed by atoms with van der Waals surface area (Å²) >= 11 is 0. The largest absolute Gasteiger partial charge is 0.486 e. The Morgan fingerprint density at radius 1 is 1.35 bits per heavy atom. The number of carboxylic acids is 1. The molecule has 0 bridgehead atoms. The molecule has 0 unspecified atom stereocenters. The number of carboxylic acid groups (broad SMARTS) is 1. The number of aliphatic carboxylic acids is 1. The van der Waals surface area contributed by atoms with Crippen LogP contribution in [0.25, 0.3) is 0 Å². The standard InChI is InChI=1S/C14H19NO5/c1-14(2,3)20-12-7-5-4-6-11(12)15(8-13(17)18)9-19-10-16/h4-7,10H,8-9H2,1-3H3,(H,17,18). The highest BCUT2D eigenvalue weighted by molar-refractivity contribution is 5.75. The topological polar surface area (TPSA) is 76.1 Å². The second kappa shape index (κ2) is 6.79. The molecule has 0 atom stereocenters. The minimum atomic E-state index is -1.02. The van der Waals surface area contributed by atoms with Crippen molar-refractivity contribution >= 4 is 18.1 Å². The van der Waals surface area contributed by atoms with Gasteiger partial charge in [-0.1, -0.05) is 12.1 Å². The summed E-state index contributed by atoms with van der Waals surface area (Å²) in [7, 11) is 0. The van der Waals surface area contributed by atoms with Gasteiger partial charge in [0.05, 0.1) is 5.69 Å². The molecule has 0 radical (unpaired) electrons. The van der Waals surface area contributed by atoms with Crippen LogP contribution in [0.4, 0.5) is 5.69 Å². The van der Waals surface area contributed by atoms with Gasteiger partial charge in [-0.25, -0.2) is 0 Å². The molecule has 6 heteroatoms. The second-order valence-electron chi connectivity index (χ2n) is 5.17. The summed E-state index contributed by atoms with van der Waals surface area (Å²) in [4.78, 5) is 22.6. The maximum atomic E-state index is 10.9. The minimum absolute atomic E-state index is 0.152. The molecule has 1 aromatic rings. The lowest BCUT2D eigenvalue weighted by Gasteiger charge is -2.28. The molecular weight excluding hydrogens is 262 g/mol. The molecule has 110 valence electrons. The predicted octanol–water partition coefficient (Wildman–Crippen LogP) is 1.89. The van der Waals surface area contributed by atoms with Gasteiger partial charge in [-0.3, -0.25) is 9.59 Å². The van der Waals surface area contributed by atoms with Crippen LogP contribution in [0, 0.1) is 0 Å². The molecule has 0 saturated carbocycles. The Kier molecular flexibility index (Phi) is 5.37. The Morgan fingerprint density at radius 2 is 2.00 bits per heavy atom. The maximum absolute atomic E-state index is 10.9. The van der Waals surface area contributed by atoms with Crippen molar-refractivity contribution in [2.75, 3.05) is 18.2 Å². The van der Waals surface area contributed by atoms with E-state index in [4.69, 9.17) is 9.84 Å². The third-order valence-electron chi connectivity index (χ3n) is 2.25. The van der Waals surface area contributed by atoms with E-state index in [0.29, 0.717) is 11.4 Å². The number of hydrogen-bond acceptors (Lipinski definition) is 5. The molecule has 20 heavy (non-hydrogen) atoms. The minimum Gasteiger partial charge on any atom is -0.486 e. The Hall–Kier alpha value is -2.24. The van der Waals surface area contributed by atoms with Crippen LogP contribution in [0.2, 0.25) is 0 Å². The van der Waals surface area contributed by atoms with Gasteiger partial charge in [0, 0.05) is 0 Å². The molecular formula is C14H19NO5.